The molecule has 37 heavy (non-hydrogen) atoms. The summed E-state index contributed by atoms with van der Waals surface area (Å²) in [5, 5.41) is 8.23. The number of hydrogen-bond donors (Lipinski definition) is 1. The van der Waals surface area contributed by atoms with E-state index in [0.29, 0.717) is 28.3 Å². The Morgan fingerprint density at radius 2 is 1.78 bits per heavy atom. The van der Waals surface area contributed by atoms with E-state index >= 15 is 0 Å². The van der Waals surface area contributed by atoms with Gasteiger partial charge in [0.25, 0.3) is 5.91 Å². The van der Waals surface area contributed by atoms with Crippen molar-refractivity contribution in [2.24, 2.45) is 0 Å². The number of rotatable bonds is 7. The normalized spacial score (nSPS) is 10.9. The number of hydrogen-bond acceptors (Lipinski definition) is 5. The van der Waals surface area contributed by atoms with Crippen molar-refractivity contribution in [1.29, 1.82) is 0 Å². The Morgan fingerprint density at radius 1 is 1.00 bits per heavy atom. The van der Waals surface area contributed by atoms with Crippen LogP contribution in [-0.2, 0) is 6.54 Å². The highest BCUT2D eigenvalue weighted by Crippen LogP contribution is 2.29. The number of pyridine rings is 1. The van der Waals surface area contributed by atoms with Crippen LogP contribution in [0.25, 0.3) is 27.8 Å². The number of carbonyl (C=O) groups excluding carboxylic acids is 1. The number of methoxy groups -OCH3 is 2. The molecule has 0 atom stereocenters. The molecule has 5 aromatic rings. The fourth-order valence-electron chi connectivity index (χ4n) is 4.30. The first kappa shape index (κ1) is 24.0. The lowest BCUT2D eigenvalue weighted by Crippen LogP contribution is -2.23. The summed E-state index contributed by atoms with van der Waals surface area (Å²) in [4.78, 5) is 18.3. The molecule has 0 fully saturated rings. The lowest BCUT2D eigenvalue weighted by Gasteiger charge is -2.13. The summed E-state index contributed by atoms with van der Waals surface area (Å²) in [6.07, 6.45) is 1.71. The van der Waals surface area contributed by atoms with E-state index in [-0.39, 0.29) is 18.3 Å². The van der Waals surface area contributed by atoms with Gasteiger partial charge in [-0.3, -0.25) is 4.79 Å². The van der Waals surface area contributed by atoms with E-state index in [2.05, 4.69) is 10.4 Å². The molecule has 0 aliphatic carbocycles. The Kier molecular flexibility index (Phi) is 6.55. The number of nitrogens with zero attached hydrogens (tertiary/aromatic N) is 3. The zero-order valence-corrected chi connectivity index (χ0v) is 20.7. The maximum absolute atomic E-state index is 13.4. The highest BCUT2D eigenvalue weighted by Gasteiger charge is 2.18. The molecule has 2 heterocycles. The molecule has 8 heteroatoms. The third-order valence-corrected chi connectivity index (χ3v) is 6.24. The van der Waals surface area contributed by atoms with Crippen molar-refractivity contribution in [3.63, 3.8) is 0 Å². The molecule has 0 aliphatic rings. The molecule has 0 radical (unpaired) electrons. The molecule has 0 saturated carbocycles. The van der Waals surface area contributed by atoms with Crippen LogP contribution in [0.1, 0.15) is 21.6 Å². The molecular formula is C29H25FN4O3. The van der Waals surface area contributed by atoms with Crippen molar-refractivity contribution in [2.45, 2.75) is 13.5 Å². The predicted octanol–water partition coefficient (Wildman–Crippen LogP) is 5.48. The van der Waals surface area contributed by atoms with Gasteiger partial charge in [0.15, 0.2) is 0 Å². The molecule has 7 nitrogen and oxygen atoms in total. The molecule has 1 N–H and O–H groups in total. The second-order valence-electron chi connectivity index (χ2n) is 8.46. The molecule has 0 spiro atoms. The Hall–Kier alpha value is -4.72. The predicted molar refractivity (Wildman–Crippen MR) is 140 cm³/mol. The van der Waals surface area contributed by atoms with Gasteiger partial charge < -0.3 is 14.8 Å². The number of para-hydroxylation sites is 1. The van der Waals surface area contributed by atoms with Crippen molar-refractivity contribution in [3.8, 4) is 28.4 Å². The summed E-state index contributed by atoms with van der Waals surface area (Å²) >= 11 is 0. The number of nitrogens with one attached hydrogen (secondary N) is 1. The average molecular weight is 497 g/mol. The standard InChI is InChI=1S/C29H25FN4O3/c1-18-25(17-32-34(18)21-10-8-20(30)9-11-21)27-15-24(23-6-4-5-7-26(23)33-27)29(35)31-16-19-14-22(36-2)12-13-28(19)37-3/h4-15,17H,16H2,1-3H3,(H,31,35). The van der Waals surface area contributed by atoms with Gasteiger partial charge in [-0.1, -0.05) is 18.2 Å². The van der Waals surface area contributed by atoms with Crippen LogP contribution in [0.3, 0.4) is 0 Å². The van der Waals surface area contributed by atoms with Crippen LogP contribution < -0.4 is 14.8 Å². The van der Waals surface area contributed by atoms with Crippen LogP contribution in [0.4, 0.5) is 4.39 Å². The van der Waals surface area contributed by atoms with E-state index < -0.39 is 0 Å². The van der Waals surface area contributed by atoms with E-state index in [0.717, 1.165) is 27.9 Å². The van der Waals surface area contributed by atoms with Crippen LogP contribution in [0, 0.1) is 12.7 Å². The summed E-state index contributed by atoms with van der Waals surface area (Å²) in [7, 11) is 3.18. The van der Waals surface area contributed by atoms with Gasteiger partial charge in [-0.05, 0) is 61.5 Å². The lowest BCUT2D eigenvalue weighted by molar-refractivity contribution is 0.0952. The van der Waals surface area contributed by atoms with Gasteiger partial charge in [-0.2, -0.15) is 5.10 Å². The second-order valence-corrected chi connectivity index (χ2v) is 8.46. The van der Waals surface area contributed by atoms with Crippen molar-refractivity contribution in [1.82, 2.24) is 20.1 Å². The number of benzene rings is 3. The fraction of sp³-hybridized carbons (Fsp3) is 0.138. The Bertz CT molecular complexity index is 1600. The smallest absolute Gasteiger partial charge is 0.252 e. The van der Waals surface area contributed by atoms with Crippen LogP contribution in [0.5, 0.6) is 11.5 Å². The molecule has 0 aliphatic heterocycles. The quantitative estimate of drug-likeness (QED) is 0.323. The third kappa shape index (κ3) is 4.73. The van der Waals surface area contributed by atoms with E-state index in [9.17, 15) is 9.18 Å². The minimum absolute atomic E-state index is 0.242. The number of fused-ring (bicyclic) bond motifs is 1. The number of ether oxygens (including phenoxy) is 2. The van der Waals surface area contributed by atoms with Gasteiger partial charge in [0.05, 0.1) is 48.6 Å². The van der Waals surface area contributed by atoms with E-state index in [4.69, 9.17) is 14.5 Å². The van der Waals surface area contributed by atoms with E-state index in [1.807, 2.05) is 43.3 Å². The van der Waals surface area contributed by atoms with Crippen LogP contribution >= 0.6 is 0 Å². The zero-order chi connectivity index (χ0) is 25.9. The molecular weight excluding hydrogens is 471 g/mol. The van der Waals surface area contributed by atoms with Gasteiger partial charge >= 0.3 is 0 Å². The Labute approximate surface area is 213 Å². The first-order chi connectivity index (χ1) is 18.0. The van der Waals surface area contributed by atoms with E-state index in [1.165, 1.54) is 12.1 Å². The highest BCUT2D eigenvalue weighted by atomic mass is 19.1. The highest BCUT2D eigenvalue weighted by molar-refractivity contribution is 6.07. The fourth-order valence-corrected chi connectivity index (χ4v) is 4.30. The minimum Gasteiger partial charge on any atom is -0.497 e. The summed E-state index contributed by atoms with van der Waals surface area (Å²) in [5.74, 6) is 0.779. The van der Waals surface area contributed by atoms with E-state index in [1.54, 1.807) is 49.4 Å². The first-order valence-electron chi connectivity index (χ1n) is 11.7. The van der Waals surface area contributed by atoms with Gasteiger partial charge in [-0.25, -0.2) is 14.1 Å². The van der Waals surface area contributed by atoms with Gasteiger partial charge in [0.2, 0.25) is 0 Å². The molecule has 1 amide bonds. The summed E-state index contributed by atoms with van der Waals surface area (Å²) in [5.41, 5.74) is 4.94. The van der Waals surface area contributed by atoms with Crippen molar-refractivity contribution >= 4 is 16.8 Å². The number of amides is 1. The molecule has 2 aromatic heterocycles. The van der Waals surface area contributed by atoms with Crippen LogP contribution in [-0.4, -0.2) is 34.9 Å². The number of carbonyl (C=O) groups is 1. The molecule has 186 valence electrons. The topological polar surface area (TPSA) is 78.3 Å². The van der Waals surface area contributed by atoms with Crippen molar-refractivity contribution in [2.75, 3.05) is 14.2 Å². The molecule has 3 aromatic carbocycles. The lowest BCUT2D eigenvalue weighted by atomic mass is 10.0. The third-order valence-electron chi connectivity index (χ3n) is 6.24. The Balaban J connectivity index is 1.51. The summed E-state index contributed by atoms with van der Waals surface area (Å²) in [6, 6.07) is 20.9. The maximum atomic E-state index is 13.4. The largest absolute Gasteiger partial charge is 0.497 e. The van der Waals surface area contributed by atoms with Gasteiger partial charge in [0, 0.05) is 23.1 Å². The molecule has 5 rings (SSSR count). The number of aromatic nitrogens is 3. The average Bonchev–Trinajstić information content (AvgIpc) is 3.32. The zero-order valence-electron chi connectivity index (χ0n) is 20.7. The van der Waals surface area contributed by atoms with Crippen molar-refractivity contribution < 1.29 is 18.7 Å². The monoisotopic (exact) mass is 496 g/mol. The van der Waals surface area contributed by atoms with Gasteiger partial charge in [-0.15, -0.1) is 0 Å². The summed E-state index contributed by atoms with van der Waals surface area (Å²) in [6.45, 7) is 2.17. The first-order valence-corrected chi connectivity index (χ1v) is 11.7. The second kappa shape index (κ2) is 10.1. The molecule has 0 bridgehead atoms. The van der Waals surface area contributed by atoms with Gasteiger partial charge in [0.1, 0.15) is 17.3 Å². The van der Waals surface area contributed by atoms with Crippen molar-refractivity contribution in [3.05, 3.63) is 102 Å². The molecule has 0 unspecified atom stereocenters. The Morgan fingerprint density at radius 3 is 2.54 bits per heavy atom. The molecule has 0 saturated heterocycles. The summed E-state index contributed by atoms with van der Waals surface area (Å²) < 4.78 is 25.9. The minimum atomic E-state index is -0.313. The van der Waals surface area contributed by atoms with Crippen LogP contribution in [0.15, 0.2) is 79.0 Å². The maximum Gasteiger partial charge on any atom is 0.252 e. The SMILES string of the molecule is COc1ccc(OC)c(CNC(=O)c2cc(-c3cnn(-c4ccc(F)cc4)c3C)nc3ccccc23)c1. The van der Waals surface area contributed by atoms with Crippen LogP contribution in [0.2, 0.25) is 0 Å². The number of halogens is 1.